The van der Waals surface area contributed by atoms with Gasteiger partial charge in [0.1, 0.15) is 0 Å². The second-order valence-electron chi connectivity index (χ2n) is 5.54. The summed E-state index contributed by atoms with van der Waals surface area (Å²) in [5.74, 6) is 0.206. The Hall–Kier alpha value is -2.04. The number of alkyl halides is 1. The molecule has 1 atom stereocenters. The maximum absolute atomic E-state index is 11.9. The zero-order valence-electron chi connectivity index (χ0n) is 13.3. The fraction of sp³-hybridized carbons (Fsp3) is 0.278. The van der Waals surface area contributed by atoms with Crippen LogP contribution in [0.4, 0.5) is 5.69 Å². The molecule has 1 unspecified atom stereocenters. The number of rotatable bonds is 6. The summed E-state index contributed by atoms with van der Waals surface area (Å²) in [6.07, 6.45) is -0.557. The number of amides is 1. The zero-order chi connectivity index (χ0) is 16.8. The molecule has 0 aromatic heterocycles. The molecule has 23 heavy (non-hydrogen) atoms. The Balaban J connectivity index is 2.06. The van der Waals surface area contributed by atoms with Crippen molar-refractivity contribution in [1.29, 1.82) is 0 Å². The van der Waals surface area contributed by atoms with Gasteiger partial charge in [-0.25, -0.2) is 0 Å². The minimum absolute atomic E-state index is 0.00560. The van der Waals surface area contributed by atoms with Crippen molar-refractivity contribution in [2.75, 3.05) is 31.8 Å². The lowest BCUT2D eigenvalue weighted by molar-refractivity contribution is 0.0827. The Bertz CT molecular complexity index is 639. The molecule has 4 nitrogen and oxygen atoms in total. The standard InChI is InChI=1S/C18H21ClN2O2/c1-21(2)18(23)15-5-3-13(4-6-15)14-7-9-16(10-8-14)20-12-17(22)11-19/h3-10,17,20,22H,11-12H2,1-2H3. The highest BCUT2D eigenvalue weighted by Crippen LogP contribution is 2.22. The lowest BCUT2D eigenvalue weighted by Gasteiger charge is -2.12. The van der Waals surface area contributed by atoms with Gasteiger partial charge in [0.2, 0.25) is 0 Å². The van der Waals surface area contributed by atoms with E-state index in [0.717, 1.165) is 16.8 Å². The molecule has 122 valence electrons. The number of carbonyl (C=O) groups is 1. The molecule has 0 bridgehead atoms. The van der Waals surface area contributed by atoms with Gasteiger partial charge in [-0.1, -0.05) is 24.3 Å². The number of carbonyl (C=O) groups excluding carboxylic acids is 1. The van der Waals surface area contributed by atoms with Crippen molar-refractivity contribution in [2.24, 2.45) is 0 Å². The molecule has 0 spiro atoms. The first-order chi connectivity index (χ1) is 11.0. The first kappa shape index (κ1) is 17.3. The summed E-state index contributed by atoms with van der Waals surface area (Å²) < 4.78 is 0. The third kappa shape index (κ3) is 4.71. The lowest BCUT2D eigenvalue weighted by atomic mass is 10.0. The quantitative estimate of drug-likeness (QED) is 0.799. The Morgan fingerprint density at radius 2 is 1.61 bits per heavy atom. The molecule has 5 heteroatoms. The Morgan fingerprint density at radius 1 is 1.09 bits per heavy atom. The molecular formula is C18H21ClN2O2. The molecule has 0 saturated carbocycles. The number of anilines is 1. The van der Waals surface area contributed by atoms with Gasteiger partial charge in [-0.3, -0.25) is 4.79 Å². The molecule has 0 aliphatic heterocycles. The van der Waals surface area contributed by atoms with Crippen LogP contribution in [0.5, 0.6) is 0 Å². The molecule has 0 aliphatic carbocycles. The van der Waals surface area contributed by atoms with E-state index in [1.807, 2.05) is 48.5 Å². The van der Waals surface area contributed by atoms with E-state index in [-0.39, 0.29) is 11.8 Å². The van der Waals surface area contributed by atoms with E-state index >= 15 is 0 Å². The minimum Gasteiger partial charge on any atom is -0.390 e. The van der Waals surface area contributed by atoms with Gasteiger partial charge in [-0.15, -0.1) is 11.6 Å². The van der Waals surface area contributed by atoms with Crippen molar-refractivity contribution < 1.29 is 9.90 Å². The van der Waals surface area contributed by atoms with E-state index < -0.39 is 6.10 Å². The second kappa shape index (κ2) is 7.99. The molecule has 0 heterocycles. The van der Waals surface area contributed by atoms with Gasteiger partial charge in [0.15, 0.2) is 0 Å². The number of nitrogens with one attached hydrogen (secondary N) is 1. The SMILES string of the molecule is CN(C)C(=O)c1ccc(-c2ccc(NCC(O)CCl)cc2)cc1. The highest BCUT2D eigenvalue weighted by Gasteiger charge is 2.08. The van der Waals surface area contributed by atoms with Gasteiger partial charge in [-0.2, -0.15) is 0 Å². The second-order valence-corrected chi connectivity index (χ2v) is 5.85. The van der Waals surface area contributed by atoms with Crippen molar-refractivity contribution in [1.82, 2.24) is 4.90 Å². The highest BCUT2D eigenvalue weighted by molar-refractivity contribution is 6.18. The molecule has 2 aromatic carbocycles. The van der Waals surface area contributed by atoms with E-state index in [9.17, 15) is 9.90 Å². The topological polar surface area (TPSA) is 52.6 Å². The Labute approximate surface area is 141 Å². The van der Waals surface area contributed by atoms with Crippen molar-refractivity contribution >= 4 is 23.2 Å². The third-order valence-electron chi connectivity index (χ3n) is 3.48. The molecule has 2 N–H and O–H groups in total. The van der Waals surface area contributed by atoms with Crippen LogP contribution in [0.15, 0.2) is 48.5 Å². The van der Waals surface area contributed by atoms with E-state index in [4.69, 9.17) is 11.6 Å². The smallest absolute Gasteiger partial charge is 0.253 e. The molecule has 1 amide bonds. The summed E-state index contributed by atoms with van der Waals surface area (Å²) in [5.41, 5.74) is 3.72. The average Bonchev–Trinajstić information content (AvgIpc) is 2.59. The number of halogens is 1. The lowest BCUT2D eigenvalue weighted by Crippen LogP contribution is -2.21. The van der Waals surface area contributed by atoms with E-state index in [1.54, 1.807) is 19.0 Å². The number of hydrogen-bond acceptors (Lipinski definition) is 3. The van der Waals surface area contributed by atoms with Crippen molar-refractivity contribution in [3.63, 3.8) is 0 Å². The summed E-state index contributed by atoms with van der Waals surface area (Å²) >= 11 is 5.56. The van der Waals surface area contributed by atoms with Gasteiger partial charge in [0.05, 0.1) is 12.0 Å². The van der Waals surface area contributed by atoms with Crippen molar-refractivity contribution in [2.45, 2.75) is 6.10 Å². The Morgan fingerprint density at radius 3 is 2.09 bits per heavy atom. The van der Waals surface area contributed by atoms with Gasteiger partial charge in [0, 0.05) is 31.9 Å². The van der Waals surface area contributed by atoms with E-state index in [1.165, 1.54) is 0 Å². The van der Waals surface area contributed by atoms with Crippen LogP contribution < -0.4 is 5.32 Å². The van der Waals surface area contributed by atoms with Crippen LogP contribution in [0.3, 0.4) is 0 Å². The Kier molecular flexibility index (Phi) is 6.02. The first-order valence-electron chi connectivity index (χ1n) is 7.41. The van der Waals surface area contributed by atoms with Gasteiger partial charge < -0.3 is 15.3 Å². The zero-order valence-corrected chi connectivity index (χ0v) is 14.0. The summed E-state index contributed by atoms with van der Waals surface area (Å²) in [6.45, 7) is 0.421. The molecule has 0 aliphatic rings. The number of nitrogens with zero attached hydrogens (tertiary/aromatic N) is 1. The third-order valence-corrected chi connectivity index (χ3v) is 3.83. The molecule has 2 aromatic rings. The average molecular weight is 333 g/mol. The minimum atomic E-state index is -0.557. The number of aliphatic hydroxyl groups is 1. The molecule has 0 saturated heterocycles. The fourth-order valence-corrected chi connectivity index (χ4v) is 2.24. The predicted octanol–water partition coefficient (Wildman–Crippen LogP) is 3.07. The normalized spacial score (nSPS) is 11.8. The van der Waals surface area contributed by atoms with Crippen LogP contribution in [0, 0.1) is 0 Å². The number of aliphatic hydroxyl groups excluding tert-OH is 1. The highest BCUT2D eigenvalue weighted by atomic mass is 35.5. The van der Waals surface area contributed by atoms with E-state index in [0.29, 0.717) is 12.1 Å². The van der Waals surface area contributed by atoms with Crippen LogP contribution in [0.1, 0.15) is 10.4 Å². The van der Waals surface area contributed by atoms with E-state index in [2.05, 4.69) is 5.32 Å². The summed E-state index contributed by atoms with van der Waals surface area (Å²) in [5, 5.41) is 12.6. The maximum Gasteiger partial charge on any atom is 0.253 e. The summed E-state index contributed by atoms with van der Waals surface area (Å²) in [6, 6.07) is 15.5. The van der Waals surface area contributed by atoms with Crippen molar-refractivity contribution in [3.05, 3.63) is 54.1 Å². The number of hydrogen-bond donors (Lipinski definition) is 2. The van der Waals surface area contributed by atoms with Gasteiger partial charge in [-0.05, 0) is 35.4 Å². The molecule has 2 rings (SSSR count). The van der Waals surface area contributed by atoms with Crippen LogP contribution in [0.2, 0.25) is 0 Å². The first-order valence-corrected chi connectivity index (χ1v) is 7.94. The predicted molar refractivity (Wildman–Crippen MR) is 95.1 cm³/mol. The monoisotopic (exact) mass is 332 g/mol. The van der Waals surface area contributed by atoms with Crippen LogP contribution in [0.25, 0.3) is 11.1 Å². The molecule has 0 fully saturated rings. The summed E-state index contributed by atoms with van der Waals surface area (Å²) in [7, 11) is 3.48. The van der Waals surface area contributed by atoms with Crippen LogP contribution >= 0.6 is 11.6 Å². The largest absolute Gasteiger partial charge is 0.390 e. The van der Waals surface area contributed by atoms with Crippen LogP contribution in [-0.2, 0) is 0 Å². The van der Waals surface area contributed by atoms with Crippen LogP contribution in [-0.4, -0.2) is 48.5 Å². The van der Waals surface area contributed by atoms with Crippen molar-refractivity contribution in [3.8, 4) is 11.1 Å². The van der Waals surface area contributed by atoms with Gasteiger partial charge >= 0.3 is 0 Å². The van der Waals surface area contributed by atoms with Gasteiger partial charge in [0.25, 0.3) is 5.91 Å². The summed E-state index contributed by atoms with van der Waals surface area (Å²) in [4.78, 5) is 13.4. The maximum atomic E-state index is 11.9. The number of benzene rings is 2. The molecule has 0 radical (unpaired) electrons. The fourth-order valence-electron chi connectivity index (χ4n) is 2.13. The molecular weight excluding hydrogens is 312 g/mol.